The predicted molar refractivity (Wildman–Crippen MR) is 136 cm³/mol. The fraction of sp³-hybridized carbons (Fsp3) is 0.423. The molecule has 3 aromatic rings. The number of carbonyl (C=O) groups excluding carboxylic acids is 2. The van der Waals surface area contributed by atoms with E-state index in [-0.39, 0.29) is 24.8 Å². The van der Waals surface area contributed by atoms with Gasteiger partial charge in [-0.05, 0) is 38.1 Å². The van der Waals surface area contributed by atoms with E-state index in [2.05, 4.69) is 14.8 Å². The second-order valence-electron chi connectivity index (χ2n) is 9.29. The van der Waals surface area contributed by atoms with Gasteiger partial charge in [-0.2, -0.15) is 0 Å². The predicted octanol–water partition coefficient (Wildman–Crippen LogP) is 2.60. The van der Waals surface area contributed by atoms with E-state index in [1.54, 1.807) is 11.3 Å². The van der Waals surface area contributed by atoms with Crippen molar-refractivity contribution in [3.8, 4) is 5.75 Å². The molecule has 5 rings (SSSR count). The number of aliphatic hydroxyl groups is 1. The zero-order valence-corrected chi connectivity index (χ0v) is 20.8. The van der Waals surface area contributed by atoms with Gasteiger partial charge in [-0.1, -0.05) is 17.7 Å². The summed E-state index contributed by atoms with van der Waals surface area (Å²) in [5, 5.41) is 11.5. The van der Waals surface area contributed by atoms with Crippen molar-refractivity contribution >= 4 is 39.1 Å². The number of aryl methyl sites for hydroxylation is 2. The highest BCUT2D eigenvalue weighted by molar-refractivity contribution is 7.18. The number of thiazole rings is 1. The molecule has 184 valence electrons. The van der Waals surface area contributed by atoms with Gasteiger partial charge in [-0.3, -0.25) is 19.4 Å². The summed E-state index contributed by atoms with van der Waals surface area (Å²) in [6.07, 6.45) is -0.410. The molecule has 0 saturated carbocycles. The highest BCUT2D eigenvalue weighted by atomic mass is 32.1. The number of aromatic nitrogens is 1. The number of ether oxygens (including phenoxy) is 1. The third-order valence-electron chi connectivity index (χ3n) is 6.64. The van der Waals surface area contributed by atoms with Crippen LogP contribution in [-0.4, -0.2) is 83.2 Å². The summed E-state index contributed by atoms with van der Waals surface area (Å²) in [6, 6.07) is 12.9. The van der Waals surface area contributed by atoms with Gasteiger partial charge in [0.15, 0.2) is 0 Å². The third kappa shape index (κ3) is 5.23. The molecule has 2 fully saturated rings. The Hall–Kier alpha value is -2.85. The maximum Gasteiger partial charge on any atom is 0.251 e. The van der Waals surface area contributed by atoms with Crippen molar-refractivity contribution in [3.05, 3.63) is 53.0 Å². The topological polar surface area (TPSA) is 86.2 Å². The van der Waals surface area contributed by atoms with Gasteiger partial charge < -0.3 is 9.84 Å². The quantitative estimate of drug-likeness (QED) is 0.506. The standard InChI is InChI=1S/C26H30N4O4S/c1-17-3-5-19(6-4-17)30-25(32)14-23(26(30)33)29-11-9-28(10-12-29)15-20(31)16-34-21-7-8-24-22(13-21)27-18(2)35-24/h3-8,13,20,23,31H,9-12,14-16H2,1-2H3/t20-,23?/m1/s1. The van der Waals surface area contributed by atoms with Crippen molar-refractivity contribution in [2.75, 3.05) is 44.2 Å². The number of anilines is 1. The van der Waals surface area contributed by atoms with Crippen molar-refractivity contribution in [1.29, 1.82) is 0 Å². The Kier molecular flexibility index (Phi) is 6.84. The molecule has 1 unspecified atom stereocenters. The van der Waals surface area contributed by atoms with E-state index in [1.165, 1.54) is 4.90 Å². The number of aliphatic hydroxyl groups excluding tert-OH is 1. The van der Waals surface area contributed by atoms with Crippen LogP contribution < -0.4 is 9.64 Å². The molecule has 8 nitrogen and oxygen atoms in total. The van der Waals surface area contributed by atoms with E-state index in [1.807, 2.05) is 56.3 Å². The first kappa shape index (κ1) is 23.9. The van der Waals surface area contributed by atoms with Gasteiger partial charge in [-0.25, -0.2) is 9.88 Å². The first-order valence-electron chi connectivity index (χ1n) is 12.0. The number of imide groups is 1. The van der Waals surface area contributed by atoms with Gasteiger partial charge in [0, 0.05) is 38.8 Å². The molecule has 2 aliphatic heterocycles. The number of rotatable bonds is 7. The Balaban J connectivity index is 1.10. The lowest BCUT2D eigenvalue weighted by molar-refractivity contribution is -0.123. The largest absolute Gasteiger partial charge is 0.491 e. The highest BCUT2D eigenvalue weighted by Crippen LogP contribution is 2.27. The van der Waals surface area contributed by atoms with Crippen LogP contribution in [0.1, 0.15) is 17.0 Å². The Morgan fingerprint density at radius 1 is 1.09 bits per heavy atom. The smallest absolute Gasteiger partial charge is 0.251 e. The molecule has 1 aromatic heterocycles. The molecule has 9 heteroatoms. The van der Waals surface area contributed by atoms with Crippen molar-refractivity contribution in [1.82, 2.24) is 14.8 Å². The maximum absolute atomic E-state index is 13.1. The molecule has 3 heterocycles. The van der Waals surface area contributed by atoms with Crippen LogP contribution >= 0.6 is 11.3 Å². The van der Waals surface area contributed by atoms with Crippen molar-refractivity contribution in [2.45, 2.75) is 32.4 Å². The monoisotopic (exact) mass is 494 g/mol. The van der Waals surface area contributed by atoms with Crippen LogP contribution in [0.5, 0.6) is 5.75 Å². The number of fused-ring (bicyclic) bond motifs is 1. The second-order valence-corrected chi connectivity index (χ2v) is 10.5. The third-order valence-corrected chi connectivity index (χ3v) is 7.59. The number of piperazine rings is 1. The van der Waals surface area contributed by atoms with Gasteiger partial charge in [0.1, 0.15) is 18.5 Å². The lowest BCUT2D eigenvalue weighted by atomic mass is 10.1. The number of carbonyl (C=O) groups is 2. The molecule has 0 bridgehead atoms. The van der Waals surface area contributed by atoms with Crippen molar-refractivity contribution in [2.24, 2.45) is 0 Å². The van der Waals surface area contributed by atoms with Gasteiger partial charge in [0.2, 0.25) is 5.91 Å². The molecule has 0 radical (unpaired) electrons. The molecule has 0 aliphatic carbocycles. The van der Waals surface area contributed by atoms with E-state index >= 15 is 0 Å². The van der Waals surface area contributed by atoms with Crippen molar-refractivity contribution in [3.63, 3.8) is 0 Å². The van der Waals surface area contributed by atoms with Crippen LogP contribution in [0.4, 0.5) is 5.69 Å². The summed E-state index contributed by atoms with van der Waals surface area (Å²) in [6.45, 7) is 7.47. The Labute approximate surface area is 208 Å². The first-order valence-corrected chi connectivity index (χ1v) is 12.8. The van der Waals surface area contributed by atoms with Crippen LogP contribution in [0, 0.1) is 13.8 Å². The van der Waals surface area contributed by atoms with E-state index in [0.29, 0.717) is 31.1 Å². The fourth-order valence-electron chi connectivity index (χ4n) is 4.78. The number of amides is 2. The number of hydrogen-bond acceptors (Lipinski definition) is 8. The molecule has 2 amide bonds. The summed E-state index contributed by atoms with van der Waals surface area (Å²) in [7, 11) is 0. The van der Waals surface area contributed by atoms with Crippen LogP contribution in [-0.2, 0) is 9.59 Å². The Bertz CT molecular complexity index is 1220. The van der Waals surface area contributed by atoms with Crippen LogP contribution in [0.2, 0.25) is 0 Å². The summed E-state index contributed by atoms with van der Waals surface area (Å²) in [5.74, 6) is 0.409. The average molecular weight is 495 g/mol. The van der Waals surface area contributed by atoms with Gasteiger partial charge in [0.25, 0.3) is 5.91 Å². The molecule has 2 aromatic carbocycles. The van der Waals surface area contributed by atoms with Crippen LogP contribution in [0.3, 0.4) is 0 Å². The minimum atomic E-state index is -0.624. The molecule has 0 spiro atoms. The van der Waals surface area contributed by atoms with E-state index in [4.69, 9.17) is 4.74 Å². The zero-order chi connectivity index (χ0) is 24.5. The molecule has 1 N–H and O–H groups in total. The van der Waals surface area contributed by atoms with Crippen LogP contribution in [0.15, 0.2) is 42.5 Å². The van der Waals surface area contributed by atoms with E-state index in [9.17, 15) is 14.7 Å². The summed E-state index contributed by atoms with van der Waals surface area (Å²) in [5.41, 5.74) is 2.64. The Morgan fingerprint density at radius 3 is 2.57 bits per heavy atom. The van der Waals surface area contributed by atoms with E-state index < -0.39 is 12.1 Å². The van der Waals surface area contributed by atoms with Crippen molar-refractivity contribution < 1.29 is 19.4 Å². The first-order chi connectivity index (χ1) is 16.9. The molecular weight excluding hydrogens is 464 g/mol. The summed E-state index contributed by atoms with van der Waals surface area (Å²) >= 11 is 1.65. The second kappa shape index (κ2) is 10.0. The Morgan fingerprint density at radius 2 is 1.83 bits per heavy atom. The SMILES string of the molecule is Cc1ccc(N2C(=O)CC(N3CCN(C[C@@H](O)COc4ccc5sc(C)nc5c4)CC3)C2=O)cc1. The number of nitrogens with zero attached hydrogens (tertiary/aromatic N) is 4. The molecule has 2 aliphatic rings. The fourth-order valence-corrected chi connectivity index (χ4v) is 5.59. The number of benzene rings is 2. The molecular formula is C26H30N4O4S. The lowest BCUT2D eigenvalue weighted by Gasteiger charge is -2.37. The molecule has 2 saturated heterocycles. The number of hydrogen-bond donors (Lipinski definition) is 1. The molecule has 2 atom stereocenters. The van der Waals surface area contributed by atoms with Gasteiger partial charge in [-0.15, -0.1) is 11.3 Å². The summed E-state index contributed by atoms with van der Waals surface area (Å²) < 4.78 is 6.93. The normalized spacial score (nSPS) is 20.7. The van der Waals surface area contributed by atoms with E-state index in [0.717, 1.165) is 33.9 Å². The van der Waals surface area contributed by atoms with Gasteiger partial charge in [0.05, 0.1) is 33.4 Å². The highest BCUT2D eigenvalue weighted by Gasteiger charge is 2.43. The maximum atomic E-state index is 13.1. The number of β-amino-alcohol motifs (C(OH)–C–C–N with tert-alkyl or cyclic N) is 1. The minimum Gasteiger partial charge on any atom is -0.491 e. The van der Waals surface area contributed by atoms with Gasteiger partial charge >= 0.3 is 0 Å². The average Bonchev–Trinajstić information content (AvgIpc) is 3.36. The lowest BCUT2D eigenvalue weighted by Crippen LogP contribution is -2.54. The van der Waals surface area contributed by atoms with Crippen LogP contribution in [0.25, 0.3) is 10.2 Å². The summed E-state index contributed by atoms with van der Waals surface area (Å²) in [4.78, 5) is 35.7. The molecule has 35 heavy (non-hydrogen) atoms. The zero-order valence-electron chi connectivity index (χ0n) is 20.0. The minimum absolute atomic E-state index is 0.145.